The monoisotopic (exact) mass is 482 g/mol. The summed E-state index contributed by atoms with van der Waals surface area (Å²) in [6, 6.07) is 15.6. The number of halogens is 1. The lowest BCUT2D eigenvalue weighted by Gasteiger charge is -2.26. The van der Waals surface area contributed by atoms with Gasteiger partial charge in [-0.05, 0) is 78.2 Å². The van der Waals surface area contributed by atoms with Gasteiger partial charge in [0, 0.05) is 30.9 Å². The molecule has 1 fully saturated rings. The van der Waals surface area contributed by atoms with Crippen molar-refractivity contribution in [2.24, 2.45) is 0 Å². The molecule has 1 N–H and O–H groups in total. The average molecular weight is 483 g/mol. The van der Waals surface area contributed by atoms with Gasteiger partial charge >= 0.3 is 0 Å². The smallest absolute Gasteiger partial charge is 0.255 e. The molecule has 162 valence electrons. The van der Waals surface area contributed by atoms with Crippen molar-refractivity contribution in [1.82, 2.24) is 14.7 Å². The molecule has 0 bridgehead atoms. The van der Waals surface area contributed by atoms with Gasteiger partial charge in [0.25, 0.3) is 5.91 Å². The summed E-state index contributed by atoms with van der Waals surface area (Å²) in [5.74, 6) is -0.123. The van der Waals surface area contributed by atoms with Crippen LogP contribution in [0.2, 0.25) is 0 Å². The number of aromatic nitrogens is 2. The highest BCUT2D eigenvalue weighted by Crippen LogP contribution is 2.23. The third-order valence-corrected chi connectivity index (χ3v) is 6.76. The minimum Gasteiger partial charge on any atom is -0.379 e. The van der Waals surface area contributed by atoms with Gasteiger partial charge in [-0.3, -0.25) is 9.69 Å². The van der Waals surface area contributed by atoms with Crippen molar-refractivity contribution in [3.63, 3.8) is 0 Å². The molecule has 0 saturated carbocycles. The van der Waals surface area contributed by atoms with Gasteiger partial charge in [-0.1, -0.05) is 12.1 Å². The highest BCUT2D eigenvalue weighted by Gasteiger charge is 2.12. The van der Waals surface area contributed by atoms with Gasteiger partial charge in [0.1, 0.15) is 0 Å². The number of rotatable bonds is 6. The fourth-order valence-corrected chi connectivity index (χ4v) is 3.95. The molecule has 2 aromatic carbocycles. The van der Waals surface area contributed by atoms with E-state index in [-0.39, 0.29) is 5.91 Å². The van der Waals surface area contributed by atoms with Crippen LogP contribution in [0.25, 0.3) is 5.69 Å². The summed E-state index contributed by atoms with van der Waals surface area (Å²) in [5, 5.41) is 7.51. The Labute approximate surface area is 191 Å². The molecule has 1 aliphatic heterocycles. The number of aryl methyl sites for hydroxylation is 1. The Kier molecular flexibility index (Phi) is 6.85. The van der Waals surface area contributed by atoms with Crippen molar-refractivity contribution in [2.75, 3.05) is 38.2 Å². The molecule has 0 spiro atoms. The molecule has 1 amide bonds. The van der Waals surface area contributed by atoms with Crippen LogP contribution < -0.4 is 5.32 Å². The van der Waals surface area contributed by atoms with Crippen LogP contribution in [0.3, 0.4) is 0 Å². The Morgan fingerprint density at radius 3 is 2.35 bits per heavy atom. The van der Waals surface area contributed by atoms with Gasteiger partial charge in [-0.2, -0.15) is 5.10 Å². The Morgan fingerprint density at radius 1 is 1.06 bits per heavy atom. The number of morpholine rings is 1. The van der Waals surface area contributed by atoms with Crippen molar-refractivity contribution >= 4 is 27.5 Å². The lowest BCUT2D eigenvalue weighted by atomic mass is 10.1. The van der Waals surface area contributed by atoms with E-state index >= 15 is 0 Å². The first-order valence-corrected chi connectivity index (χ1v) is 11.3. The molecule has 0 aliphatic carbocycles. The molecule has 2 heterocycles. The summed E-state index contributed by atoms with van der Waals surface area (Å²) >= 11 is 3.55. The minimum atomic E-state index is -0.123. The number of benzene rings is 2. The van der Waals surface area contributed by atoms with E-state index in [1.807, 2.05) is 54.9 Å². The summed E-state index contributed by atoms with van der Waals surface area (Å²) in [7, 11) is 0. The van der Waals surface area contributed by atoms with E-state index in [0.717, 1.165) is 66.5 Å². The third kappa shape index (κ3) is 5.23. The fraction of sp³-hybridized carbons (Fsp3) is 0.333. The van der Waals surface area contributed by atoms with Crippen LogP contribution in [0.15, 0.2) is 53.0 Å². The quantitative estimate of drug-likeness (QED) is 0.566. The topological polar surface area (TPSA) is 59.4 Å². The lowest BCUT2D eigenvalue weighted by Crippen LogP contribution is -2.37. The predicted molar refractivity (Wildman–Crippen MR) is 126 cm³/mol. The second kappa shape index (κ2) is 9.77. The fourth-order valence-electron chi connectivity index (χ4n) is 3.70. The summed E-state index contributed by atoms with van der Waals surface area (Å²) < 4.78 is 8.27. The molecule has 0 unspecified atom stereocenters. The van der Waals surface area contributed by atoms with Crippen LogP contribution in [0, 0.1) is 13.8 Å². The van der Waals surface area contributed by atoms with E-state index in [9.17, 15) is 4.79 Å². The first-order valence-electron chi connectivity index (χ1n) is 10.5. The van der Waals surface area contributed by atoms with Gasteiger partial charge in [0.05, 0.1) is 34.8 Å². The first kappa shape index (κ1) is 21.7. The molecular formula is C24H27BrN4O2. The van der Waals surface area contributed by atoms with Crippen LogP contribution in [-0.2, 0) is 11.2 Å². The standard InChI is InChI=1S/C24H27BrN4O2/c1-17-23(25)18(2)29(27-17)22-9-5-20(6-10-22)24(30)26-21-7-3-19(4-8-21)11-12-28-13-15-31-16-14-28/h3-10H,11-16H2,1-2H3,(H,26,30). The summed E-state index contributed by atoms with van der Waals surface area (Å²) in [4.78, 5) is 15.1. The molecule has 31 heavy (non-hydrogen) atoms. The van der Waals surface area contributed by atoms with E-state index < -0.39 is 0 Å². The molecule has 6 nitrogen and oxygen atoms in total. The largest absolute Gasteiger partial charge is 0.379 e. The number of hydrogen-bond acceptors (Lipinski definition) is 4. The molecule has 1 saturated heterocycles. The van der Waals surface area contributed by atoms with E-state index in [4.69, 9.17) is 4.74 Å². The van der Waals surface area contributed by atoms with E-state index in [1.165, 1.54) is 5.56 Å². The molecule has 1 aromatic heterocycles. The maximum Gasteiger partial charge on any atom is 0.255 e. The molecular weight excluding hydrogens is 456 g/mol. The lowest BCUT2D eigenvalue weighted by molar-refractivity contribution is 0.0384. The summed E-state index contributed by atoms with van der Waals surface area (Å²) in [6.07, 6.45) is 0.998. The zero-order valence-electron chi connectivity index (χ0n) is 17.9. The summed E-state index contributed by atoms with van der Waals surface area (Å²) in [6.45, 7) is 8.66. The molecule has 0 atom stereocenters. The molecule has 4 rings (SSSR count). The van der Waals surface area contributed by atoms with Crippen LogP contribution in [0.1, 0.15) is 27.3 Å². The number of carbonyl (C=O) groups is 1. The Bertz CT molecular complexity index is 1040. The zero-order chi connectivity index (χ0) is 21.8. The van der Waals surface area contributed by atoms with E-state index in [0.29, 0.717) is 5.56 Å². The maximum atomic E-state index is 12.6. The number of carbonyl (C=O) groups excluding carboxylic acids is 1. The summed E-state index contributed by atoms with van der Waals surface area (Å²) in [5.41, 5.74) is 5.57. The first-order chi connectivity index (χ1) is 15.0. The van der Waals surface area contributed by atoms with Crippen LogP contribution in [0.4, 0.5) is 5.69 Å². The average Bonchev–Trinajstić information content (AvgIpc) is 3.06. The van der Waals surface area contributed by atoms with Gasteiger partial charge in [-0.25, -0.2) is 4.68 Å². The van der Waals surface area contributed by atoms with E-state index in [2.05, 4.69) is 43.4 Å². The molecule has 7 heteroatoms. The van der Waals surface area contributed by atoms with Crippen molar-refractivity contribution in [3.05, 3.63) is 75.5 Å². The molecule has 1 aliphatic rings. The molecule has 3 aromatic rings. The Balaban J connectivity index is 1.35. The van der Waals surface area contributed by atoms with Crippen LogP contribution in [0.5, 0.6) is 0 Å². The van der Waals surface area contributed by atoms with Crippen molar-refractivity contribution < 1.29 is 9.53 Å². The van der Waals surface area contributed by atoms with Gasteiger partial charge in [0.2, 0.25) is 0 Å². The Morgan fingerprint density at radius 2 is 1.74 bits per heavy atom. The number of nitrogens with one attached hydrogen (secondary N) is 1. The van der Waals surface area contributed by atoms with Gasteiger partial charge < -0.3 is 10.1 Å². The van der Waals surface area contributed by atoms with Crippen LogP contribution >= 0.6 is 15.9 Å². The minimum absolute atomic E-state index is 0.123. The Hall–Kier alpha value is -2.48. The maximum absolute atomic E-state index is 12.6. The molecule has 0 radical (unpaired) electrons. The number of nitrogens with zero attached hydrogens (tertiary/aromatic N) is 3. The second-order valence-electron chi connectivity index (χ2n) is 7.80. The number of anilines is 1. The normalized spacial score (nSPS) is 14.5. The number of hydrogen-bond donors (Lipinski definition) is 1. The van der Waals surface area contributed by atoms with Crippen molar-refractivity contribution in [2.45, 2.75) is 20.3 Å². The number of amides is 1. The van der Waals surface area contributed by atoms with Gasteiger partial charge in [0.15, 0.2) is 0 Å². The van der Waals surface area contributed by atoms with E-state index in [1.54, 1.807) is 0 Å². The van der Waals surface area contributed by atoms with Crippen molar-refractivity contribution in [1.29, 1.82) is 0 Å². The van der Waals surface area contributed by atoms with Crippen molar-refractivity contribution in [3.8, 4) is 5.69 Å². The zero-order valence-corrected chi connectivity index (χ0v) is 19.5. The van der Waals surface area contributed by atoms with Gasteiger partial charge in [-0.15, -0.1) is 0 Å². The number of ether oxygens (including phenoxy) is 1. The third-order valence-electron chi connectivity index (χ3n) is 5.61. The highest BCUT2D eigenvalue weighted by atomic mass is 79.9. The SMILES string of the molecule is Cc1nn(-c2ccc(C(=O)Nc3ccc(CCN4CCOCC4)cc3)cc2)c(C)c1Br. The highest BCUT2D eigenvalue weighted by molar-refractivity contribution is 9.10. The van der Waals surface area contributed by atoms with Crippen LogP contribution in [-0.4, -0.2) is 53.4 Å². The predicted octanol–water partition coefficient (Wildman–Crippen LogP) is 4.38. The second-order valence-corrected chi connectivity index (χ2v) is 8.59.